The van der Waals surface area contributed by atoms with Crippen LogP contribution < -0.4 is 15.4 Å². The van der Waals surface area contributed by atoms with Gasteiger partial charge >= 0.3 is 0 Å². The molecule has 0 aromatic carbocycles. The van der Waals surface area contributed by atoms with Crippen molar-refractivity contribution >= 4 is 33.3 Å². The van der Waals surface area contributed by atoms with E-state index in [9.17, 15) is 13.2 Å². The maximum atomic E-state index is 12.2. The molecule has 0 saturated carbocycles. The van der Waals surface area contributed by atoms with Crippen LogP contribution in [-0.4, -0.2) is 38.4 Å². The first-order chi connectivity index (χ1) is 9.81. The van der Waals surface area contributed by atoms with Crippen LogP contribution in [0, 0.1) is 0 Å². The molecule has 0 fully saturated rings. The van der Waals surface area contributed by atoms with Gasteiger partial charge in [0, 0.05) is 19.3 Å². The molecule has 1 heterocycles. The highest BCUT2D eigenvalue weighted by Gasteiger charge is 2.22. The van der Waals surface area contributed by atoms with Crippen LogP contribution >= 0.6 is 11.6 Å². The van der Waals surface area contributed by atoms with E-state index in [1.165, 1.54) is 19.2 Å². The number of rotatable bonds is 7. The SMILES string of the molecule is CCNC(=O)C(C)NS(=O)(=O)c1cnc(NCC)c(Cl)c1. The number of carbonyl (C=O) groups excluding carboxylic acids is 1. The molecule has 0 aliphatic rings. The molecular weight excluding hydrogens is 316 g/mol. The second-order valence-corrected chi connectivity index (χ2v) is 6.39. The molecule has 0 saturated heterocycles. The molecular formula is C12H19ClN4O3S. The fourth-order valence-electron chi connectivity index (χ4n) is 1.55. The van der Waals surface area contributed by atoms with Gasteiger partial charge in [-0.25, -0.2) is 13.4 Å². The lowest BCUT2D eigenvalue weighted by Gasteiger charge is -2.14. The molecule has 1 aromatic rings. The van der Waals surface area contributed by atoms with E-state index in [0.29, 0.717) is 18.9 Å². The number of likely N-dealkylation sites (N-methyl/N-ethyl adjacent to an activating group) is 1. The number of carbonyl (C=O) groups is 1. The standard InChI is InChI=1S/C12H19ClN4O3S/c1-4-14-11-10(13)6-9(7-16-11)21(19,20)17-8(3)12(18)15-5-2/h6-8,17H,4-5H2,1-3H3,(H,14,16)(H,15,18). The van der Waals surface area contributed by atoms with E-state index in [2.05, 4.69) is 20.3 Å². The Balaban J connectivity index is 2.93. The number of nitrogens with zero attached hydrogens (tertiary/aromatic N) is 1. The Bertz CT molecular complexity index is 607. The number of pyridine rings is 1. The number of halogens is 1. The molecule has 0 radical (unpaired) electrons. The lowest BCUT2D eigenvalue weighted by Crippen LogP contribution is -2.44. The quantitative estimate of drug-likeness (QED) is 0.690. The van der Waals surface area contributed by atoms with Crippen molar-refractivity contribution in [1.82, 2.24) is 15.0 Å². The fourth-order valence-corrected chi connectivity index (χ4v) is 3.02. The Morgan fingerprint density at radius 3 is 2.57 bits per heavy atom. The molecule has 3 N–H and O–H groups in total. The van der Waals surface area contributed by atoms with Gasteiger partial charge < -0.3 is 10.6 Å². The zero-order valence-corrected chi connectivity index (χ0v) is 13.7. The third-order valence-electron chi connectivity index (χ3n) is 2.55. The van der Waals surface area contributed by atoms with Crippen LogP contribution in [0.5, 0.6) is 0 Å². The third-order valence-corrected chi connectivity index (χ3v) is 4.34. The molecule has 0 aliphatic heterocycles. The molecule has 9 heteroatoms. The molecule has 1 rings (SSSR count). The van der Waals surface area contributed by atoms with E-state index >= 15 is 0 Å². The normalized spacial score (nSPS) is 12.8. The fraction of sp³-hybridized carbons (Fsp3) is 0.500. The molecule has 118 valence electrons. The van der Waals surface area contributed by atoms with Gasteiger partial charge in [0.1, 0.15) is 10.7 Å². The maximum absolute atomic E-state index is 12.2. The van der Waals surface area contributed by atoms with Crippen molar-refractivity contribution in [3.8, 4) is 0 Å². The van der Waals surface area contributed by atoms with Crippen molar-refractivity contribution in [2.24, 2.45) is 0 Å². The average Bonchev–Trinajstić information content (AvgIpc) is 2.41. The first kappa shape index (κ1) is 17.7. The monoisotopic (exact) mass is 334 g/mol. The number of hydrogen-bond acceptors (Lipinski definition) is 5. The predicted octanol–water partition coefficient (Wildman–Crippen LogP) is 0.970. The van der Waals surface area contributed by atoms with Crippen LogP contribution in [0.15, 0.2) is 17.2 Å². The van der Waals surface area contributed by atoms with Crippen LogP contribution in [0.2, 0.25) is 5.02 Å². The van der Waals surface area contributed by atoms with Crippen LogP contribution in [0.4, 0.5) is 5.82 Å². The highest BCUT2D eigenvalue weighted by molar-refractivity contribution is 7.89. The minimum atomic E-state index is -3.86. The third kappa shape index (κ3) is 4.83. The Kier molecular flexibility index (Phi) is 6.38. The summed E-state index contributed by atoms with van der Waals surface area (Å²) in [5.74, 6) is 0.0132. The Hall–Kier alpha value is -1.38. The largest absolute Gasteiger partial charge is 0.369 e. The van der Waals surface area contributed by atoms with Crippen molar-refractivity contribution in [3.05, 3.63) is 17.3 Å². The van der Waals surface area contributed by atoms with Crippen LogP contribution in [0.3, 0.4) is 0 Å². The minimum Gasteiger partial charge on any atom is -0.369 e. The second kappa shape index (κ2) is 7.58. The smallest absolute Gasteiger partial charge is 0.242 e. The van der Waals surface area contributed by atoms with Crippen molar-refractivity contribution in [2.45, 2.75) is 31.7 Å². The molecule has 21 heavy (non-hydrogen) atoms. The summed E-state index contributed by atoms with van der Waals surface area (Å²) in [7, 11) is -3.86. The van der Waals surface area contributed by atoms with Crippen molar-refractivity contribution in [1.29, 1.82) is 0 Å². The molecule has 0 aliphatic carbocycles. The molecule has 0 bridgehead atoms. The Morgan fingerprint density at radius 1 is 1.38 bits per heavy atom. The summed E-state index contributed by atoms with van der Waals surface area (Å²) in [5.41, 5.74) is 0. The minimum absolute atomic E-state index is 0.0923. The van der Waals surface area contributed by atoms with Crippen LogP contribution in [0.25, 0.3) is 0 Å². The summed E-state index contributed by atoms with van der Waals surface area (Å²) >= 11 is 5.97. The topological polar surface area (TPSA) is 100 Å². The van der Waals surface area contributed by atoms with Gasteiger partial charge in [-0.1, -0.05) is 11.6 Å². The molecule has 7 nitrogen and oxygen atoms in total. The maximum Gasteiger partial charge on any atom is 0.242 e. The number of nitrogens with one attached hydrogen (secondary N) is 3. The van der Waals surface area contributed by atoms with Gasteiger partial charge in [0.05, 0.1) is 11.1 Å². The van der Waals surface area contributed by atoms with Crippen LogP contribution in [0.1, 0.15) is 20.8 Å². The molecule has 1 amide bonds. The summed E-state index contributed by atoms with van der Waals surface area (Å²) in [5, 5.41) is 5.65. The van der Waals surface area contributed by atoms with E-state index < -0.39 is 22.0 Å². The second-order valence-electron chi connectivity index (χ2n) is 4.27. The summed E-state index contributed by atoms with van der Waals surface area (Å²) in [6.07, 6.45) is 1.19. The van der Waals surface area contributed by atoms with E-state index in [1.807, 2.05) is 6.92 Å². The average molecular weight is 335 g/mol. The highest BCUT2D eigenvalue weighted by atomic mass is 35.5. The number of hydrogen-bond donors (Lipinski definition) is 3. The number of aromatic nitrogens is 1. The van der Waals surface area contributed by atoms with Gasteiger partial charge in [0.2, 0.25) is 15.9 Å². The summed E-state index contributed by atoms with van der Waals surface area (Å²) in [4.78, 5) is 15.4. The summed E-state index contributed by atoms with van der Waals surface area (Å²) in [6.45, 7) is 6.13. The number of sulfonamides is 1. The summed E-state index contributed by atoms with van der Waals surface area (Å²) in [6, 6.07) is 0.404. The molecule has 0 spiro atoms. The number of anilines is 1. The first-order valence-corrected chi connectivity index (χ1v) is 8.37. The summed E-state index contributed by atoms with van der Waals surface area (Å²) < 4.78 is 26.6. The number of amides is 1. The molecule has 1 unspecified atom stereocenters. The van der Waals surface area contributed by atoms with E-state index in [0.717, 1.165) is 0 Å². The van der Waals surface area contributed by atoms with Gasteiger partial charge in [-0.3, -0.25) is 4.79 Å². The zero-order valence-electron chi connectivity index (χ0n) is 12.1. The van der Waals surface area contributed by atoms with E-state index in [4.69, 9.17) is 11.6 Å². The van der Waals surface area contributed by atoms with Gasteiger partial charge in [-0.05, 0) is 26.8 Å². The molecule has 1 atom stereocenters. The van der Waals surface area contributed by atoms with Gasteiger partial charge in [-0.15, -0.1) is 0 Å². The molecule has 1 aromatic heterocycles. The van der Waals surface area contributed by atoms with Gasteiger partial charge in [0.25, 0.3) is 0 Å². The van der Waals surface area contributed by atoms with E-state index in [-0.39, 0.29) is 9.92 Å². The highest BCUT2D eigenvalue weighted by Crippen LogP contribution is 2.22. The van der Waals surface area contributed by atoms with Gasteiger partial charge in [0.15, 0.2) is 0 Å². The van der Waals surface area contributed by atoms with Crippen molar-refractivity contribution in [2.75, 3.05) is 18.4 Å². The van der Waals surface area contributed by atoms with Crippen LogP contribution in [-0.2, 0) is 14.8 Å². The predicted molar refractivity (Wildman–Crippen MR) is 81.9 cm³/mol. The van der Waals surface area contributed by atoms with E-state index in [1.54, 1.807) is 6.92 Å². The lowest BCUT2D eigenvalue weighted by atomic mass is 10.3. The Labute approximate surface area is 129 Å². The van der Waals surface area contributed by atoms with Crippen molar-refractivity contribution < 1.29 is 13.2 Å². The zero-order chi connectivity index (χ0) is 16.0. The van der Waals surface area contributed by atoms with Crippen molar-refractivity contribution in [3.63, 3.8) is 0 Å². The first-order valence-electron chi connectivity index (χ1n) is 6.51. The Morgan fingerprint density at radius 2 is 2.05 bits per heavy atom. The lowest BCUT2D eigenvalue weighted by molar-refractivity contribution is -0.122. The van der Waals surface area contributed by atoms with Gasteiger partial charge in [-0.2, -0.15) is 4.72 Å².